The number of pyridine rings is 1. The molecular formula is C25H29ClN4O3. The number of aryl methyl sites for hydroxylation is 2. The molecule has 7 nitrogen and oxygen atoms in total. The molecule has 0 unspecified atom stereocenters. The van der Waals surface area contributed by atoms with Crippen LogP contribution in [0.3, 0.4) is 0 Å². The Labute approximate surface area is 199 Å². The molecule has 2 amide bonds. The van der Waals surface area contributed by atoms with E-state index in [1.807, 2.05) is 57.1 Å². The lowest BCUT2D eigenvalue weighted by atomic mass is 10.1. The van der Waals surface area contributed by atoms with Crippen molar-refractivity contribution < 1.29 is 14.3 Å². The van der Waals surface area contributed by atoms with E-state index in [1.165, 1.54) is 0 Å². The molecule has 0 aliphatic rings. The van der Waals surface area contributed by atoms with Gasteiger partial charge < -0.3 is 25.0 Å². The number of likely N-dealkylation sites (N-methyl/N-ethyl adjacent to an activating group) is 1. The lowest BCUT2D eigenvalue weighted by Crippen LogP contribution is -2.28. The van der Waals surface area contributed by atoms with Crippen molar-refractivity contribution in [3.8, 4) is 17.2 Å². The van der Waals surface area contributed by atoms with Crippen molar-refractivity contribution >= 4 is 23.3 Å². The Kier molecular flexibility index (Phi) is 8.52. The number of ether oxygens (including phenoxy) is 2. The van der Waals surface area contributed by atoms with Crippen LogP contribution in [0.1, 0.15) is 16.7 Å². The number of nitrogens with one attached hydrogen (secondary N) is 2. The normalized spacial score (nSPS) is 10.7. The van der Waals surface area contributed by atoms with E-state index in [0.717, 1.165) is 34.7 Å². The van der Waals surface area contributed by atoms with Gasteiger partial charge in [-0.05, 0) is 68.9 Å². The van der Waals surface area contributed by atoms with Crippen molar-refractivity contribution in [2.75, 3.05) is 32.6 Å². The summed E-state index contributed by atoms with van der Waals surface area (Å²) in [4.78, 5) is 18.6. The Balaban J connectivity index is 1.60. The topological polar surface area (TPSA) is 75.7 Å². The summed E-state index contributed by atoms with van der Waals surface area (Å²) in [5.74, 6) is 2.02. The molecule has 0 bridgehead atoms. The van der Waals surface area contributed by atoms with Gasteiger partial charge in [-0.3, -0.25) is 4.98 Å². The molecule has 0 aliphatic heterocycles. The van der Waals surface area contributed by atoms with Gasteiger partial charge in [0.2, 0.25) is 0 Å². The Morgan fingerprint density at radius 3 is 2.48 bits per heavy atom. The van der Waals surface area contributed by atoms with Crippen molar-refractivity contribution in [3.05, 3.63) is 76.6 Å². The number of carbonyl (C=O) groups is 1. The first-order valence-electron chi connectivity index (χ1n) is 10.6. The number of aromatic nitrogens is 1. The lowest BCUT2D eigenvalue weighted by molar-refractivity contribution is 0.250. The Morgan fingerprint density at radius 1 is 1.03 bits per heavy atom. The average molecular weight is 469 g/mol. The Morgan fingerprint density at radius 2 is 1.79 bits per heavy atom. The molecule has 0 fully saturated rings. The van der Waals surface area contributed by atoms with Crippen LogP contribution in [0.25, 0.3) is 0 Å². The third-order valence-electron chi connectivity index (χ3n) is 4.88. The third-order valence-corrected chi connectivity index (χ3v) is 5.28. The number of nitrogens with zero attached hydrogens (tertiary/aromatic N) is 2. The minimum Gasteiger partial charge on any atom is -0.490 e. The van der Waals surface area contributed by atoms with Crippen LogP contribution in [0, 0.1) is 13.8 Å². The van der Waals surface area contributed by atoms with E-state index in [-0.39, 0.29) is 6.03 Å². The van der Waals surface area contributed by atoms with E-state index in [2.05, 4.69) is 15.6 Å². The van der Waals surface area contributed by atoms with E-state index in [0.29, 0.717) is 29.6 Å². The first kappa shape index (κ1) is 24.4. The average Bonchev–Trinajstić information content (AvgIpc) is 2.78. The van der Waals surface area contributed by atoms with Crippen LogP contribution >= 0.6 is 11.6 Å². The van der Waals surface area contributed by atoms with Gasteiger partial charge in [0, 0.05) is 36.6 Å². The molecular weight excluding hydrogens is 440 g/mol. The molecule has 1 aromatic heterocycles. The highest BCUT2D eigenvalue weighted by Crippen LogP contribution is 2.31. The number of hydrogen-bond donors (Lipinski definition) is 2. The summed E-state index contributed by atoms with van der Waals surface area (Å²) in [6.45, 7) is 5.44. The van der Waals surface area contributed by atoms with Crippen LogP contribution in [0.2, 0.25) is 5.02 Å². The van der Waals surface area contributed by atoms with Crippen LogP contribution in [0.15, 0.2) is 54.9 Å². The molecule has 8 heteroatoms. The van der Waals surface area contributed by atoms with E-state index in [9.17, 15) is 4.79 Å². The van der Waals surface area contributed by atoms with E-state index in [1.54, 1.807) is 30.6 Å². The Hall–Kier alpha value is -3.29. The first-order valence-corrected chi connectivity index (χ1v) is 11.0. The fourth-order valence-electron chi connectivity index (χ4n) is 3.04. The Bertz CT molecular complexity index is 1090. The van der Waals surface area contributed by atoms with Gasteiger partial charge in [0.05, 0.1) is 5.69 Å². The second-order valence-electron chi connectivity index (χ2n) is 7.94. The maximum Gasteiger partial charge on any atom is 0.319 e. The molecule has 2 N–H and O–H groups in total. The minimum absolute atomic E-state index is 0.330. The number of anilines is 1. The zero-order chi connectivity index (χ0) is 23.8. The van der Waals surface area contributed by atoms with Gasteiger partial charge >= 0.3 is 6.03 Å². The summed E-state index contributed by atoms with van der Waals surface area (Å²) in [5.41, 5.74) is 3.36. The van der Waals surface area contributed by atoms with Crippen molar-refractivity contribution in [3.63, 3.8) is 0 Å². The fraction of sp³-hybridized carbons (Fsp3) is 0.280. The van der Waals surface area contributed by atoms with Gasteiger partial charge in [0.1, 0.15) is 23.9 Å². The lowest BCUT2D eigenvalue weighted by Gasteiger charge is -2.16. The molecule has 2 aromatic carbocycles. The quantitative estimate of drug-likeness (QED) is 0.439. The van der Waals surface area contributed by atoms with E-state index < -0.39 is 0 Å². The third kappa shape index (κ3) is 7.37. The van der Waals surface area contributed by atoms with E-state index in [4.69, 9.17) is 21.1 Å². The number of carbonyl (C=O) groups excluding carboxylic acids is 1. The van der Waals surface area contributed by atoms with Crippen molar-refractivity contribution in [1.29, 1.82) is 0 Å². The predicted octanol–water partition coefficient (Wildman–Crippen LogP) is 5.41. The molecule has 0 saturated carbocycles. The molecule has 1 heterocycles. The predicted molar refractivity (Wildman–Crippen MR) is 132 cm³/mol. The summed E-state index contributed by atoms with van der Waals surface area (Å²) in [7, 11) is 3.94. The van der Waals surface area contributed by atoms with Crippen molar-refractivity contribution in [1.82, 2.24) is 15.2 Å². The molecule has 3 aromatic rings. The van der Waals surface area contributed by atoms with Gasteiger partial charge in [-0.1, -0.05) is 23.7 Å². The van der Waals surface area contributed by atoms with Crippen molar-refractivity contribution in [2.45, 2.75) is 20.4 Å². The van der Waals surface area contributed by atoms with Gasteiger partial charge in [-0.25, -0.2) is 4.79 Å². The number of benzene rings is 2. The maximum absolute atomic E-state index is 12.6. The summed E-state index contributed by atoms with van der Waals surface area (Å²) < 4.78 is 11.7. The molecule has 0 atom stereocenters. The molecule has 174 valence electrons. The van der Waals surface area contributed by atoms with Gasteiger partial charge in [0.15, 0.2) is 0 Å². The monoisotopic (exact) mass is 468 g/mol. The molecule has 33 heavy (non-hydrogen) atoms. The smallest absolute Gasteiger partial charge is 0.319 e. The van der Waals surface area contributed by atoms with Gasteiger partial charge in [-0.15, -0.1) is 0 Å². The van der Waals surface area contributed by atoms with Crippen LogP contribution < -0.4 is 20.1 Å². The standard InChI is InChI=1S/C25H29ClN4O3/c1-17-14-22(24(15-21(17)26)32-12-11-30(3)4)29-25(31)28-16-19-5-6-23(18(2)13-19)33-20-7-9-27-10-8-20/h5-10,13-15H,11-12,16H2,1-4H3,(H2,28,29,31). The number of hydrogen-bond acceptors (Lipinski definition) is 5. The first-order chi connectivity index (χ1) is 15.8. The second-order valence-corrected chi connectivity index (χ2v) is 8.35. The van der Waals surface area contributed by atoms with Crippen LogP contribution in [-0.2, 0) is 6.54 Å². The second kappa shape index (κ2) is 11.5. The zero-order valence-corrected chi connectivity index (χ0v) is 20.1. The largest absolute Gasteiger partial charge is 0.490 e. The molecule has 3 rings (SSSR count). The number of urea groups is 1. The maximum atomic E-state index is 12.6. The van der Waals surface area contributed by atoms with Crippen LogP contribution in [0.5, 0.6) is 17.2 Å². The highest BCUT2D eigenvalue weighted by Gasteiger charge is 2.12. The minimum atomic E-state index is -0.330. The van der Waals surface area contributed by atoms with Crippen LogP contribution in [-0.4, -0.2) is 43.2 Å². The van der Waals surface area contributed by atoms with Crippen molar-refractivity contribution in [2.24, 2.45) is 0 Å². The summed E-state index contributed by atoms with van der Waals surface area (Å²) in [5, 5.41) is 6.34. The fourth-order valence-corrected chi connectivity index (χ4v) is 3.19. The summed E-state index contributed by atoms with van der Waals surface area (Å²) in [6.07, 6.45) is 3.37. The number of halogens is 1. The highest BCUT2D eigenvalue weighted by molar-refractivity contribution is 6.31. The molecule has 0 radical (unpaired) electrons. The summed E-state index contributed by atoms with van der Waals surface area (Å²) in [6, 6.07) is 12.6. The number of amides is 2. The van der Waals surface area contributed by atoms with Gasteiger partial charge in [0.25, 0.3) is 0 Å². The highest BCUT2D eigenvalue weighted by atomic mass is 35.5. The molecule has 0 aliphatic carbocycles. The zero-order valence-electron chi connectivity index (χ0n) is 19.3. The van der Waals surface area contributed by atoms with E-state index >= 15 is 0 Å². The molecule has 0 saturated heterocycles. The number of rotatable bonds is 9. The summed E-state index contributed by atoms with van der Waals surface area (Å²) >= 11 is 6.25. The SMILES string of the molecule is Cc1cc(NC(=O)NCc2ccc(Oc3ccncc3)c(C)c2)c(OCCN(C)C)cc1Cl. The molecule has 0 spiro atoms. The van der Waals surface area contributed by atoms with Crippen LogP contribution in [0.4, 0.5) is 10.5 Å². The van der Waals surface area contributed by atoms with Gasteiger partial charge in [-0.2, -0.15) is 0 Å².